The highest BCUT2D eigenvalue weighted by Crippen LogP contribution is 2.04. The molecule has 0 aromatic carbocycles. The Hall–Kier alpha value is -0.770. The van der Waals surface area contributed by atoms with E-state index in [0.29, 0.717) is 6.61 Å². The average Bonchev–Trinajstić information content (AvgIpc) is 2.37. The first-order chi connectivity index (χ1) is 5.33. The smallest absolute Gasteiger partial charge is 0.407 e. The van der Waals surface area contributed by atoms with Crippen molar-refractivity contribution in [3.63, 3.8) is 0 Å². The minimum absolute atomic E-state index is 0.192. The lowest BCUT2D eigenvalue weighted by molar-refractivity contribution is 0.174. The van der Waals surface area contributed by atoms with Crippen LogP contribution in [0.25, 0.3) is 0 Å². The van der Waals surface area contributed by atoms with E-state index >= 15 is 0 Å². The third-order valence-corrected chi connectivity index (χ3v) is 1.64. The van der Waals surface area contributed by atoms with E-state index in [9.17, 15) is 4.79 Å². The van der Waals surface area contributed by atoms with E-state index in [1.54, 1.807) is 7.11 Å². The number of carbonyl (C=O) groups excluding carboxylic acids is 1. The Kier molecular flexibility index (Phi) is 3.16. The number of cyclic esters (lactones) is 1. The maximum absolute atomic E-state index is 10.5. The predicted octanol–water partition coefficient (Wildman–Crippen LogP) is 0.521. The van der Waals surface area contributed by atoms with Gasteiger partial charge < -0.3 is 14.8 Å². The second-order valence-corrected chi connectivity index (χ2v) is 2.57. The number of nitrogens with one attached hydrogen (secondary N) is 1. The molecule has 1 N–H and O–H groups in total. The molecule has 1 aliphatic heterocycles. The molecule has 1 saturated heterocycles. The van der Waals surface area contributed by atoms with Gasteiger partial charge in [0.15, 0.2) is 0 Å². The first-order valence-electron chi connectivity index (χ1n) is 3.75. The van der Waals surface area contributed by atoms with Crippen LogP contribution in [0.1, 0.15) is 12.8 Å². The fourth-order valence-corrected chi connectivity index (χ4v) is 1.06. The molecule has 1 fully saturated rings. The fraction of sp³-hybridized carbons (Fsp3) is 0.857. The van der Waals surface area contributed by atoms with Gasteiger partial charge >= 0.3 is 6.09 Å². The molecule has 0 aliphatic carbocycles. The van der Waals surface area contributed by atoms with Crippen LogP contribution < -0.4 is 5.32 Å². The second-order valence-electron chi connectivity index (χ2n) is 2.57. The molecule has 4 heteroatoms. The van der Waals surface area contributed by atoms with E-state index in [2.05, 4.69) is 5.32 Å². The van der Waals surface area contributed by atoms with Crippen molar-refractivity contribution in [2.45, 2.75) is 18.9 Å². The number of hydrogen-bond donors (Lipinski definition) is 1. The molecule has 0 aromatic rings. The number of hydrogen-bond acceptors (Lipinski definition) is 3. The summed E-state index contributed by atoms with van der Waals surface area (Å²) >= 11 is 0. The van der Waals surface area contributed by atoms with Crippen LogP contribution in [0.5, 0.6) is 0 Å². The third-order valence-electron chi connectivity index (χ3n) is 1.64. The summed E-state index contributed by atoms with van der Waals surface area (Å²) < 4.78 is 9.58. The Bertz CT molecular complexity index is 138. The highest BCUT2D eigenvalue weighted by molar-refractivity contribution is 5.69. The highest BCUT2D eigenvalue weighted by atomic mass is 16.6. The molecule has 1 heterocycles. The van der Waals surface area contributed by atoms with E-state index < -0.39 is 0 Å². The van der Waals surface area contributed by atoms with Crippen LogP contribution in [0, 0.1) is 0 Å². The Morgan fingerprint density at radius 3 is 3.18 bits per heavy atom. The molecule has 0 bridgehead atoms. The molecular formula is C7H13NO3. The lowest BCUT2D eigenvalue weighted by Crippen LogP contribution is -2.26. The number of rotatable bonds is 4. The number of methoxy groups -OCH3 is 1. The molecule has 64 valence electrons. The normalized spacial score (nSPS) is 23.0. The Balaban J connectivity index is 2.04. The maximum Gasteiger partial charge on any atom is 0.407 e. The largest absolute Gasteiger partial charge is 0.447 e. The monoisotopic (exact) mass is 159 g/mol. The Labute approximate surface area is 65.9 Å². The summed E-state index contributed by atoms with van der Waals surface area (Å²) in [6.07, 6.45) is 1.59. The average molecular weight is 159 g/mol. The molecular weight excluding hydrogens is 146 g/mol. The maximum atomic E-state index is 10.5. The molecule has 11 heavy (non-hydrogen) atoms. The van der Waals surface area contributed by atoms with E-state index in [-0.39, 0.29) is 12.1 Å². The quantitative estimate of drug-likeness (QED) is 0.608. The van der Waals surface area contributed by atoms with Gasteiger partial charge in [0.25, 0.3) is 0 Å². The van der Waals surface area contributed by atoms with Crippen molar-refractivity contribution in [1.82, 2.24) is 5.32 Å². The fourth-order valence-electron chi connectivity index (χ4n) is 1.06. The SMILES string of the molecule is COCCCC1COC(=O)N1. The van der Waals surface area contributed by atoms with Crippen molar-refractivity contribution in [2.75, 3.05) is 20.3 Å². The molecule has 1 rings (SSSR count). The highest BCUT2D eigenvalue weighted by Gasteiger charge is 2.20. The topological polar surface area (TPSA) is 47.6 Å². The summed E-state index contributed by atoms with van der Waals surface area (Å²) in [5.41, 5.74) is 0. The minimum Gasteiger partial charge on any atom is -0.447 e. The summed E-state index contributed by atoms with van der Waals surface area (Å²) in [4.78, 5) is 10.5. The molecule has 1 atom stereocenters. The van der Waals surface area contributed by atoms with Crippen LogP contribution >= 0.6 is 0 Å². The Morgan fingerprint density at radius 2 is 2.64 bits per heavy atom. The van der Waals surface area contributed by atoms with Gasteiger partial charge in [-0.2, -0.15) is 0 Å². The molecule has 1 aliphatic rings. The summed E-state index contributed by atoms with van der Waals surface area (Å²) in [5.74, 6) is 0. The predicted molar refractivity (Wildman–Crippen MR) is 39.4 cm³/mol. The van der Waals surface area contributed by atoms with Gasteiger partial charge in [-0.25, -0.2) is 4.79 Å². The van der Waals surface area contributed by atoms with E-state index in [1.807, 2.05) is 0 Å². The van der Waals surface area contributed by atoms with Crippen LogP contribution in [0.3, 0.4) is 0 Å². The van der Waals surface area contributed by atoms with Crippen molar-refractivity contribution >= 4 is 6.09 Å². The van der Waals surface area contributed by atoms with Gasteiger partial charge in [0.1, 0.15) is 6.61 Å². The zero-order chi connectivity index (χ0) is 8.10. The summed E-state index contributed by atoms with van der Waals surface area (Å²) in [6.45, 7) is 1.24. The van der Waals surface area contributed by atoms with Gasteiger partial charge in [-0.05, 0) is 12.8 Å². The number of amides is 1. The van der Waals surface area contributed by atoms with Gasteiger partial charge in [-0.3, -0.25) is 0 Å². The Morgan fingerprint density at radius 1 is 1.82 bits per heavy atom. The van der Waals surface area contributed by atoms with Crippen molar-refractivity contribution in [2.24, 2.45) is 0 Å². The summed E-state index contributed by atoms with van der Waals surface area (Å²) in [6, 6.07) is 0.192. The standard InChI is InChI=1S/C7H13NO3/c1-10-4-2-3-6-5-11-7(9)8-6/h6H,2-5H2,1H3,(H,8,9). The lowest BCUT2D eigenvalue weighted by atomic mass is 10.2. The number of alkyl carbamates (subject to hydrolysis) is 1. The van der Waals surface area contributed by atoms with Crippen molar-refractivity contribution in [3.8, 4) is 0 Å². The number of ether oxygens (including phenoxy) is 2. The lowest BCUT2D eigenvalue weighted by Gasteiger charge is -2.04. The first kappa shape index (κ1) is 8.33. The van der Waals surface area contributed by atoms with Crippen molar-refractivity contribution < 1.29 is 14.3 Å². The van der Waals surface area contributed by atoms with Crippen LogP contribution in [0.15, 0.2) is 0 Å². The van der Waals surface area contributed by atoms with Crippen LogP contribution in [0.4, 0.5) is 4.79 Å². The van der Waals surface area contributed by atoms with Gasteiger partial charge in [0.05, 0.1) is 6.04 Å². The van der Waals surface area contributed by atoms with Gasteiger partial charge in [-0.1, -0.05) is 0 Å². The van der Waals surface area contributed by atoms with Gasteiger partial charge in [-0.15, -0.1) is 0 Å². The molecule has 4 nitrogen and oxygen atoms in total. The van der Waals surface area contributed by atoms with Crippen molar-refractivity contribution in [3.05, 3.63) is 0 Å². The molecule has 0 spiro atoms. The van der Waals surface area contributed by atoms with Gasteiger partial charge in [0, 0.05) is 13.7 Å². The zero-order valence-electron chi connectivity index (χ0n) is 6.63. The van der Waals surface area contributed by atoms with Crippen LogP contribution in [-0.4, -0.2) is 32.5 Å². The summed E-state index contributed by atoms with van der Waals surface area (Å²) in [5, 5.41) is 2.70. The van der Waals surface area contributed by atoms with Crippen LogP contribution in [-0.2, 0) is 9.47 Å². The molecule has 1 unspecified atom stereocenters. The minimum atomic E-state index is -0.299. The summed E-state index contributed by atoms with van der Waals surface area (Å²) in [7, 11) is 1.67. The zero-order valence-corrected chi connectivity index (χ0v) is 6.63. The molecule has 0 aromatic heterocycles. The van der Waals surface area contributed by atoms with E-state index in [1.165, 1.54) is 0 Å². The van der Waals surface area contributed by atoms with Crippen molar-refractivity contribution in [1.29, 1.82) is 0 Å². The number of carbonyl (C=O) groups is 1. The molecule has 0 radical (unpaired) electrons. The van der Waals surface area contributed by atoms with Gasteiger partial charge in [0.2, 0.25) is 0 Å². The van der Waals surface area contributed by atoms with Crippen LogP contribution in [0.2, 0.25) is 0 Å². The second kappa shape index (κ2) is 4.18. The third kappa shape index (κ3) is 2.76. The molecule has 0 saturated carbocycles. The van der Waals surface area contributed by atoms with E-state index in [0.717, 1.165) is 19.4 Å². The van der Waals surface area contributed by atoms with E-state index in [4.69, 9.17) is 9.47 Å². The first-order valence-corrected chi connectivity index (χ1v) is 3.75. The molecule has 1 amide bonds.